The van der Waals surface area contributed by atoms with E-state index in [0.29, 0.717) is 0 Å². The molecule has 0 spiro atoms. The molecule has 3 heteroatoms. The van der Waals surface area contributed by atoms with E-state index in [9.17, 15) is 4.79 Å². The van der Waals surface area contributed by atoms with Gasteiger partial charge in [-0.05, 0) is 69.1 Å². The van der Waals surface area contributed by atoms with Crippen molar-refractivity contribution in [3.05, 3.63) is 0 Å². The molecule has 0 unspecified atom stereocenters. The first-order chi connectivity index (χ1) is 10.7. The molecule has 2 amide bonds. The molecule has 0 aromatic heterocycles. The van der Waals surface area contributed by atoms with Crippen molar-refractivity contribution in [2.75, 3.05) is 6.54 Å². The highest BCUT2D eigenvalue weighted by Crippen LogP contribution is 2.55. The molecule has 0 radical (unpaired) electrons. The summed E-state index contributed by atoms with van der Waals surface area (Å²) in [6.45, 7) is 0.786. The first-order valence-corrected chi connectivity index (χ1v) is 9.18. The zero-order valence-electron chi connectivity index (χ0n) is 13.7. The molecule has 4 aliphatic rings. The van der Waals surface area contributed by atoms with Crippen LogP contribution in [-0.2, 0) is 0 Å². The average Bonchev–Trinajstić information content (AvgIpc) is 2.44. The minimum absolute atomic E-state index is 0.0607. The van der Waals surface area contributed by atoms with E-state index in [1.165, 1.54) is 44.9 Å². The second-order valence-electron chi connectivity index (χ2n) is 7.95. The van der Waals surface area contributed by atoms with Crippen molar-refractivity contribution in [2.45, 2.75) is 76.2 Å². The van der Waals surface area contributed by atoms with E-state index in [-0.39, 0.29) is 11.6 Å². The normalized spacial score (nSPS) is 35.1. The van der Waals surface area contributed by atoms with Gasteiger partial charge in [-0.15, -0.1) is 12.3 Å². The van der Waals surface area contributed by atoms with Crippen LogP contribution in [0.1, 0.15) is 70.6 Å². The van der Waals surface area contributed by atoms with E-state index in [1.54, 1.807) is 0 Å². The van der Waals surface area contributed by atoms with Crippen LogP contribution in [0.5, 0.6) is 0 Å². The van der Waals surface area contributed by atoms with Crippen molar-refractivity contribution in [2.24, 2.45) is 17.8 Å². The number of rotatable bonds is 7. The summed E-state index contributed by atoms with van der Waals surface area (Å²) >= 11 is 0. The molecule has 0 aliphatic heterocycles. The number of amides is 2. The molecule has 0 atom stereocenters. The predicted molar refractivity (Wildman–Crippen MR) is 89.4 cm³/mol. The number of hydrogen-bond acceptors (Lipinski definition) is 1. The molecule has 4 bridgehead atoms. The Morgan fingerprint density at radius 1 is 1.00 bits per heavy atom. The van der Waals surface area contributed by atoms with E-state index in [4.69, 9.17) is 6.42 Å². The summed E-state index contributed by atoms with van der Waals surface area (Å²) in [6, 6.07) is 0.0607. The zero-order chi connectivity index (χ0) is 15.4. The Morgan fingerprint density at radius 2 is 1.59 bits per heavy atom. The Hall–Kier alpha value is -1.17. The molecule has 0 aromatic rings. The Kier molecular flexibility index (Phi) is 4.96. The van der Waals surface area contributed by atoms with Crippen LogP contribution in [0.25, 0.3) is 0 Å². The van der Waals surface area contributed by atoms with Gasteiger partial charge in [0.2, 0.25) is 0 Å². The molecule has 4 fully saturated rings. The van der Waals surface area contributed by atoms with Crippen LogP contribution < -0.4 is 10.6 Å². The van der Waals surface area contributed by atoms with Gasteiger partial charge in [-0.2, -0.15) is 0 Å². The highest BCUT2D eigenvalue weighted by Gasteiger charge is 2.51. The summed E-state index contributed by atoms with van der Waals surface area (Å²) in [5, 5.41) is 6.42. The Labute approximate surface area is 135 Å². The molecular formula is C19H30N2O. The number of urea groups is 1. The summed E-state index contributed by atoms with van der Waals surface area (Å²) in [5.41, 5.74) is 0.131. The van der Waals surface area contributed by atoms with Gasteiger partial charge in [-0.3, -0.25) is 0 Å². The largest absolute Gasteiger partial charge is 0.338 e. The van der Waals surface area contributed by atoms with E-state index in [0.717, 1.165) is 50.0 Å². The molecule has 22 heavy (non-hydrogen) atoms. The van der Waals surface area contributed by atoms with Gasteiger partial charge in [0.05, 0.1) is 0 Å². The maximum atomic E-state index is 12.2. The predicted octanol–water partition coefficient (Wildman–Crippen LogP) is 3.84. The van der Waals surface area contributed by atoms with Crippen LogP contribution in [0.3, 0.4) is 0 Å². The Balaban J connectivity index is 1.35. The molecule has 3 nitrogen and oxygen atoms in total. The molecule has 0 heterocycles. The summed E-state index contributed by atoms with van der Waals surface area (Å²) in [4.78, 5) is 12.2. The molecular weight excluding hydrogens is 272 g/mol. The van der Waals surface area contributed by atoms with Gasteiger partial charge >= 0.3 is 6.03 Å². The molecule has 0 saturated heterocycles. The smallest absolute Gasteiger partial charge is 0.315 e. The summed E-state index contributed by atoms with van der Waals surface area (Å²) < 4.78 is 0. The quantitative estimate of drug-likeness (QED) is 0.544. The van der Waals surface area contributed by atoms with Crippen LogP contribution in [0, 0.1) is 30.1 Å². The lowest BCUT2D eigenvalue weighted by atomic mass is 9.53. The van der Waals surface area contributed by atoms with Gasteiger partial charge < -0.3 is 10.6 Å². The SMILES string of the molecule is C#CCCCCCCNC(=O)NC12CC3CC(CC(C3)C1)C2. The van der Waals surface area contributed by atoms with Crippen molar-refractivity contribution >= 4 is 6.03 Å². The fourth-order valence-corrected chi connectivity index (χ4v) is 5.46. The molecule has 4 saturated carbocycles. The topological polar surface area (TPSA) is 41.1 Å². The van der Waals surface area contributed by atoms with Gasteiger partial charge in [-0.1, -0.05) is 12.8 Å². The first-order valence-electron chi connectivity index (χ1n) is 9.18. The number of terminal acetylenes is 1. The van der Waals surface area contributed by atoms with Crippen LogP contribution in [0.2, 0.25) is 0 Å². The van der Waals surface area contributed by atoms with E-state index >= 15 is 0 Å². The maximum Gasteiger partial charge on any atom is 0.315 e. The van der Waals surface area contributed by atoms with E-state index in [2.05, 4.69) is 16.6 Å². The lowest BCUT2D eigenvalue weighted by Gasteiger charge is -2.56. The second kappa shape index (κ2) is 6.94. The van der Waals surface area contributed by atoms with Gasteiger partial charge in [0.15, 0.2) is 0 Å². The highest BCUT2D eigenvalue weighted by molar-refractivity contribution is 5.74. The minimum atomic E-state index is 0.0607. The lowest BCUT2D eigenvalue weighted by Crippen LogP contribution is -2.61. The third-order valence-electron chi connectivity index (χ3n) is 5.95. The standard InChI is InChI=1S/C19H30N2O/c1-2-3-4-5-6-7-8-20-18(22)21-19-12-15-9-16(13-19)11-17(10-15)14-19/h1,15-17H,3-14H2,(H2,20,21,22). The maximum absolute atomic E-state index is 12.2. The minimum Gasteiger partial charge on any atom is -0.338 e. The fraction of sp³-hybridized carbons (Fsp3) is 0.842. The molecule has 2 N–H and O–H groups in total. The van der Waals surface area contributed by atoms with Crippen LogP contribution >= 0.6 is 0 Å². The summed E-state index contributed by atoms with van der Waals surface area (Å²) in [6.07, 6.45) is 18.5. The van der Waals surface area contributed by atoms with E-state index < -0.39 is 0 Å². The van der Waals surface area contributed by atoms with Crippen molar-refractivity contribution in [3.8, 4) is 12.3 Å². The average molecular weight is 302 g/mol. The monoisotopic (exact) mass is 302 g/mol. The molecule has 4 rings (SSSR count). The number of carbonyl (C=O) groups is 1. The second-order valence-corrected chi connectivity index (χ2v) is 7.95. The zero-order valence-corrected chi connectivity index (χ0v) is 13.7. The van der Waals surface area contributed by atoms with Crippen LogP contribution in [0.4, 0.5) is 4.79 Å². The first kappa shape index (κ1) is 15.7. The molecule has 122 valence electrons. The van der Waals surface area contributed by atoms with Crippen LogP contribution in [-0.4, -0.2) is 18.1 Å². The third kappa shape index (κ3) is 3.77. The van der Waals surface area contributed by atoms with Crippen molar-refractivity contribution in [1.29, 1.82) is 0 Å². The molecule has 0 aromatic carbocycles. The van der Waals surface area contributed by atoms with Gasteiger partial charge in [0.25, 0.3) is 0 Å². The number of unbranched alkanes of at least 4 members (excludes halogenated alkanes) is 4. The Morgan fingerprint density at radius 3 is 2.18 bits per heavy atom. The number of carbonyl (C=O) groups excluding carboxylic acids is 1. The van der Waals surface area contributed by atoms with Crippen molar-refractivity contribution in [1.82, 2.24) is 10.6 Å². The third-order valence-corrected chi connectivity index (χ3v) is 5.95. The Bertz CT molecular complexity index is 402. The van der Waals surface area contributed by atoms with Gasteiger partial charge in [0, 0.05) is 18.5 Å². The highest BCUT2D eigenvalue weighted by atomic mass is 16.2. The summed E-state index contributed by atoms with van der Waals surface area (Å²) in [7, 11) is 0. The van der Waals surface area contributed by atoms with Crippen LogP contribution in [0.15, 0.2) is 0 Å². The molecule has 4 aliphatic carbocycles. The summed E-state index contributed by atoms with van der Waals surface area (Å²) in [5.74, 6) is 5.30. The number of hydrogen-bond donors (Lipinski definition) is 2. The van der Waals surface area contributed by atoms with Gasteiger partial charge in [0.1, 0.15) is 0 Å². The van der Waals surface area contributed by atoms with Gasteiger partial charge in [-0.25, -0.2) is 4.79 Å². The van der Waals surface area contributed by atoms with E-state index in [1.807, 2.05) is 0 Å². The van der Waals surface area contributed by atoms with Crippen molar-refractivity contribution < 1.29 is 4.79 Å². The number of nitrogens with one attached hydrogen (secondary N) is 2. The fourth-order valence-electron chi connectivity index (χ4n) is 5.46. The van der Waals surface area contributed by atoms with Crippen molar-refractivity contribution in [3.63, 3.8) is 0 Å². The lowest BCUT2D eigenvalue weighted by molar-refractivity contribution is -0.0135.